The quantitative estimate of drug-likeness (QED) is 0.749. The summed E-state index contributed by atoms with van der Waals surface area (Å²) in [6.07, 6.45) is 6.56. The van der Waals surface area contributed by atoms with Gasteiger partial charge >= 0.3 is 0 Å². The third-order valence-corrected chi connectivity index (χ3v) is 4.73. The van der Waals surface area contributed by atoms with Crippen LogP contribution in [0.1, 0.15) is 52.9 Å². The van der Waals surface area contributed by atoms with E-state index in [1.807, 2.05) is 0 Å². The fourth-order valence-corrected chi connectivity index (χ4v) is 2.70. The second-order valence-corrected chi connectivity index (χ2v) is 5.52. The van der Waals surface area contributed by atoms with Crippen LogP contribution in [-0.4, -0.2) is 37.6 Å². The Bertz CT molecular complexity index is 171. The molecule has 1 aliphatic rings. The van der Waals surface area contributed by atoms with Gasteiger partial charge in [-0.25, -0.2) is 0 Å². The first-order valence-corrected chi connectivity index (χ1v) is 7.07. The summed E-state index contributed by atoms with van der Waals surface area (Å²) in [5, 5.41) is 3.81. The molecule has 1 rings (SSSR count). The van der Waals surface area contributed by atoms with Crippen molar-refractivity contribution in [1.29, 1.82) is 0 Å². The summed E-state index contributed by atoms with van der Waals surface area (Å²) >= 11 is 0. The molecule has 1 heterocycles. The van der Waals surface area contributed by atoms with Crippen LogP contribution in [-0.2, 0) is 0 Å². The lowest BCUT2D eigenvalue weighted by Gasteiger charge is -2.35. The van der Waals surface area contributed by atoms with Gasteiger partial charge in [-0.15, -0.1) is 0 Å². The Labute approximate surface area is 102 Å². The molecular weight excluding hydrogens is 196 g/mol. The zero-order valence-corrected chi connectivity index (χ0v) is 11.7. The molecule has 1 fully saturated rings. The van der Waals surface area contributed by atoms with Gasteiger partial charge in [-0.2, -0.15) is 0 Å². The van der Waals surface area contributed by atoms with E-state index in [-0.39, 0.29) is 0 Å². The van der Waals surface area contributed by atoms with E-state index in [4.69, 9.17) is 0 Å². The molecule has 2 heteroatoms. The molecular formula is C14H30N2. The average molecular weight is 226 g/mol. The molecule has 0 atom stereocenters. The lowest BCUT2D eigenvalue weighted by atomic mass is 9.79. The Morgan fingerprint density at radius 2 is 1.56 bits per heavy atom. The molecule has 0 aromatic heterocycles. The molecule has 0 aliphatic carbocycles. The van der Waals surface area contributed by atoms with Crippen LogP contribution in [0.15, 0.2) is 0 Å². The highest BCUT2D eigenvalue weighted by atomic mass is 15.1. The Morgan fingerprint density at radius 3 is 2.00 bits per heavy atom. The SMILES string of the molecule is CCC(CC)(CC)CNC1CCN(C)CC1. The number of hydrogen-bond donors (Lipinski definition) is 1. The van der Waals surface area contributed by atoms with Crippen molar-refractivity contribution in [3.05, 3.63) is 0 Å². The maximum absolute atomic E-state index is 3.81. The van der Waals surface area contributed by atoms with Crippen molar-refractivity contribution in [3.63, 3.8) is 0 Å². The summed E-state index contributed by atoms with van der Waals surface area (Å²) in [6.45, 7) is 10.7. The molecule has 1 saturated heterocycles. The first-order chi connectivity index (χ1) is 7.65. The summed E-state index contributed by atoms with van der Waals surface area (Å²) in [7, 11) is 2.23. The van der Waals surface area contributed by atoms with Crippen molar-refractivity contribution in [2.45, 2.75) is 58.9 Å². The molecule has 1 N–H and O–H groups in total. The maximum atomic E-state index is 3.81. The van der Waals surface area contributed by atoms with Crippen molar-refractivity contribution in [2.75, 3.05) is 26.7 Å². The van der Waals surface area contributed by atoms with Gasteiger partial charge in [0.05, 0.1) is 0 Å². The molecule has 0 unspecified atom stereocenters. The van der Waals surface area contributed by atoms with E-state index in [2.05, 4.69) is 38.0 Å². The van der Waals surface area contributed by atoms with Crippen LogP contribution in [0.3, 0.4) is 0 Å². The third kappa shape index (κ3) is 3.74. The van der Waals surface area contributed by atoms with Crippen molar-refractivity contribution in [2.24, 2.45) is 5.41 Å². The summed E-state index contributed by atoms with van der Waals surface area (Å²) < 4.78 is 0. The van der Waals surface area contributed by atoms with Gasteiger partial charge in [0, 0.05) is 12.6 Å². The molecule has 16 heavy (non-hydrogen) atoms. The van der Waals surface area contributed by atoms with Gasteiger partial charge in [0.1, 0.15) is 0 Å². The van der Waals surface area contributed by atoms with E-state index in [9.17, 15) is 0 Å². The minimum atomic E-state index is 0.545. The molecule has 0 saturated carbocycles. The van der Waals surface area contributed by atoms with E-state index in [0.717, 1.165) is 6.04 Å². The van der Waals surface area contributed by atoms with Crippen LogP contribution in [0.25, 0.3) is 0 Å². The minimum absolute atomic E-state index is 0.545. The number of hydrogen-bond acceptors (Lipinski definition) is 2. The number of nitrogens with one attached hydrogen (secondary N) is 1. The van der Waals surface area contributed by atoms with E-state index in [0.29, 0.717) is 5.41 Å². The molecule has 0 aromatic rings. The normalized spacial score (nSPS) is 20.2. The van der Waals surface area contributed by atoms with Crippen LogP contribution in [0.2, 0.25) is 0 Å². The van der Waals surface area contributed by atoms with E-state index in [1.165, 1.54) is 51.7 Å². The van der Waals surface area contributed by atoms with Gasteiger partial charge in [-0.05, 0) is 57.7 Å². The second kappa shape index (κ2) is 6.61. The zero-order chi connectivity index (χ0) is 12.0. The Morgan fingerprint density at radius 1 is 1.06 bits per heavy atom. The molecule has 1 aliphatic heterocycles. The highest BCUT2D eigenvalue weighted by Gasteiger charge is 2.25. The standard InChI is InChI=1S/C14H30N2/c1-5-14(6-2,7-3)12-15-13-8-10-16(4)11-9-13/h13,15H,5-12H2,1-4H3. The summed E-state index contributed by atoms with van der Waals surface area (Å²) in [4.78, 5) is 2.44. The number of piperidine rings is 1. The van der Waals surface area contributed by atoms with Gasteiger partial charge in [0.25, 0.3) is 0 Å². The summed E-state index contributed by atoms with van der Waals surface area (Å²) in [6, 6.07) is 0.764. The van der Waals surface area contributed by atoms with Crippen LogP contribution in [0.4, 0.5) is 0 Å². The van der Waals surface area contributed by atoms with Crippen LogP contribution in [0, 0.1) is 5.41 Å². The van der Waals surface area contributed by atoms with E-state index in [1.54, 1.807) is 0 Å². The largest absolute Gasteiger partial charge is 0.313 e. The molecule has 0 amide bonds. The first-order valence-electron chi connectivity index (χ1n) is 7.07. The smallest absolute Gasteiger partial charge is 0.00916 e. The van der Waals surface area contributed by atoms with Crippen molar-refractivity contribution in [3.8, 4) is 0 Å². The molecule has 0 bridgehead atoms. The predicted molar refractivity (Wildman–Crippen MR) is 71.8 cm³/mol. The second-order valence-electron chi connectivity index (χ2n) is 5.52. The highest BCUT2D eigenvalue weighted by Crippen LogP contribution is 2.29. The molecule has 96 valence electrons. The average Bonchev–Trinajstić information content (AvgIpc) is 2.34. The first kappa shape index (κ1) is 14.0. The third-order valence-electron chi connectivity index (χ3n) is 4.73. The predicted octanol–water partition coefficient (Wildman–Crippen LogP) is 2.89. The lowest BCUT2D eigenvalue weighted by molar-refractivity contribution is 0.190. The lowest BCUT2D eigenvalue weighted by Crippen LogP contribution is -2.44. The van der Waals surface area contributed by atoms with Crippen LogP contribution >= 0.6 is 0 Å². The summed E-state index contributed by atoms with van der Waals surface area (Å²) in [5.41, 5.74) is 0.545. The molecule has 2 nitrogen and oxygen atoms in total. The van der Waals surface area contributed by atoms with Crippen molar-refractivity contribution < 1.29 is 0 Å². The fraction of sp³-hybridized carbons (Fsp3) is 1.00. The highest BCUT2D eigenvalue weighted by molar-refractivity contribution is 4.82. The topological polar surface area (TPSA) is 15.3 Å². The van der Waals surface area contributed by atoms with Gasteiger partial charge < -0.3 is 10.2 Å². The van der Waals surface area contributed by atoms with Gasteiger partial charge in [-0.1, -0.05) is 20.8 Å². The van der Waals surface area contributed by atoms with E-state index < -0.39 is 0 Å². The maximum Gasteiger partial charge on any atom is 0.00916 e. The molecule has 0 radical (unpaired) electrons. The fourth-order valence-electron chi connectivity index (χ4n) is 2.70. The zero-order valence-electron chi connectivity index (χ0n) is 11.7. The Kier molecular flexibility index (Phi) is 5.77. The summed E-state index contributed by atoms with van der Waals surface area (Å²) in [5.74, 6) is 0. The molecule has 0 spiro atoms. The van der Waals surface area contributed by atoms with Gasteiger partial charge in [0.15, 0.2) is 0 Å². The van der Waals surface area contributed by atoms with Crippen LogP contribution in [0.5, 0.6) is 0 Å². The van der Waals surface area contributed by atoms with Crippen LogP contribution < -0.4 is 5.32 Å². The number of nitrogens with zero attached hydrogens (tertiary/aromatic N) is 1. The van der Waals surface area contributed by atoms with Gasteiger partial charge in [0.2, 0.25) is 0 Å². The minimum Gasteiger partial charge on any atom is -0.313 e. The Balaban J connectivity index is 2.32. The Hall–Kier alpha value is -0.0800. The monoisotopic (exact) mass is 226 g/mol. The van der Waals surface area contributed by atoms with E-state index >= 15 is 0 Å². The number of rotatable bonds is 6. The number of likely N-dealkylation sites (tertiary alicyclic amines) is 1. The van der Waals surface area contributed by atoms with Crippen molar-refractivity contribution in [1.82, 2.24) is 10.2 Å². The van der Waals surface area contributed by atoms with Crippen molar-refractivity contribution >= 4 is 0 Å². The molecule has 0 aromatic carbocycles. The van der Waals surface area contributed by atoms with Gasteiger partial charge in [-0.3, -0.25) is 0 Å².